The standard InChI is InChI=1S/C16H17F3N2O2/c1-2-9-21(10-11-22)15(23)20-8-4-6-13-5-3-7-14(12-13)16(17,18)19/h2-3,5,7,12,22H,1,8-11H2,(H,20,23). The Balaban J connectivity index is 2.61. The maximum absolute atomic E-state index is 12.6. The summed E-state index contributed by atoms with van der Waals surface area (Å²) >= 11 is 0. The van der Waals surface area contributed by atoms with Crippen LogP contribution in [0.3, 0.4) is 0 Å². The van der Waals surface area contributed by atoms with Crippen LogP contribution >= 0.6 is 0 Å². The van der Waals surface area contributed by atoms with Crippen molar-refractivity contribution in [2.75, 3.05) is 26.2 Å². The number of carbonyl (C=O) groups excluding carboxylic acids is 1. The molecule has 0 radical (unpaired) electrons. The van der Waals surface area contributed by atoms with E-state index >= 15 is 0 Å². The summed E-state index contributed by atoms with van der Waals surface area (Å²) in [5, 5.41) is 11.3. The summed E-state index contributed by atoms with van der Waals surface area (Å²) in [5.74, 6) is 5.15. The maximum Gasteiger partial charge on any atom is 0.416 e. The van der Waals surface area contributed by atoms with Crippen LogP contribution < -0.4 is 5.32 Å². The maximum atomic E-state index is 12.6. The largest absolute Gasteiger partial charge is 0.416 e. The number of rotatable bonds is 5. The zero-order valence-corrected chi connectivity index (χ0v) is 12.4. The van der Waals surface area contributed by atoms with Crippen molar-refractivity contribution in [3.8, 4) is 11.8 Å². The predicted octanol–water partition coefficient (Wildman–Crippen LogP) is 2.25. The molecule has 2 N–H and O–H groups in total. The quantitative estimate of drug-likeness (QED) is 0.644. The van der Waals surface area contributed by atoms with Crippen LogP contribution in [0, 0.1) is 11.8 Å². The Morgan fingerprint density at radius 2 is 2.17 bits per heavy atom. The first-order valence-electron chi connectivity index (χ1n) is 6.79. The zero-order chi connectivity index (χ0) is 17.3. The third-order valence-corrected chi connectivity index (χ3v) is 2.76. The van der Waals surface area contributed by atoms with E-state index in [1.54, 1.807) is 0 Å². The summed E-state index contributed by atoms with van der Waals surface area (Å²) in [6.07, 6.45) is -2.90. The van der Waals surface area contributed by atoms with Gasteiger partial charge in [0.05, 0.1) is 18.7 Å². The number of hydrogen-bond donors (Lipinski definition) is 2. The van der Waals surface area contributed by atoms with E-state index < -0.39 is 17.8 Å². The topological polar surface area (TPSA) is 52.6 Å². The van der Waals surface area contributed by atoms with Gasteiger partial charge in [0.1, 0.15) is 0 Å². The molecular formula is C16H17F3N2O2. The van der Waals surface area contributed by atoms with Crippen molar-refractivity contribution >= 4 is 6.03 Å². The number of amides is 2. The summed E-state index contributed by atoms with van der Waals surface area (Å²) in [7, 11) is 0. The molecule has 0 aliphatic heterocycles. The molecule has 0 unspecified atom stereocenters. The molecule has 1 aromatic rings. The van der Waals surface area contributed by atoms with Crippen LogP contribution in [0.15, 0.2) is 36.9 Å². The second-order valence-electron chi connectivity index (χ2n) is 4.50. The number of urea groups is 1. The predicted molar refractivity (Wildman–Crippen MR) is 80.6 cm³/mol. The molecular weight excluding hydrogens is 309 g/mol. The molecule has 1 aromatic carbocycles. The molecule has 7 heteroatoms. The van der Waals surface area contributed by atoms with Crippen molar-refractivity contribution in [2.24, 2.45) is 0 Å². The molecule has 0 saturated heterocycles. The van der Waals surface area contributed by atoms with Gasteiger partial charge in [-0.05, 0) is 18.2 Å². The van der Waals surface area contributed by atoms with Crippen LogP contribution in [-0.4, -0.2) is 42.3 Å². The van der Waals surface area contributed by atoms with Gasteiger partial charge in [-0.15, -0.1) is 6.58 Å². The molecule has 0 aromatic heterocycles. The van der Waals surface area contributed by atoms with E-state index in [0.29, 0.717) is 0 Å². The average Bonchev–Trinajstić information content (AvgIpc) is 2.50. The Morgan fingerprint density at radius 3 is 2.78 bits per heavy atom. The molecule has 23 heavy (non-hydrogen) atoms. The molecule has 0 bridgehead atoms. The number of nitrogens with one attached hydrogen (secondary N) is 1. The third-order valence-electron chi connectivity index (χ3n) is 2.76. The van der Waals surface area contributed by atoms with Crippen molar-refractivity contribution in [3.63, 3.8) is 0 Å². The normalized spacial score (nSPS) is 10.4. The summed E-state index contributed by atoms with van der Waals surface area (Å²) < 4.78 is 37.7. The molecule has 0 heterocycles. The third kappa shape index (κ3) is 6.45. The monoisotopic (exact) mass is 326 g/mol. The van der Waals surface area contributed by atoms with E-state index in [9.17, 15) is 18.0 Å². The SMILES string of the molecule is C=CCN(CCO)C(=O)NCC#Cc1cccc(C(F)(F)F)c1. The molecule has 0 saturated carbocycles. The number of nitrogens with zero attached hydrogens (tertiary/aromatic N) is 1. The highest BCUT2D eigenvalue weighted by Crippen LogP contribution is 2.29. The van der Waals surface area contributed by atoms with Crippen LogP contribution in [0.2, 0.25) is 0 Å². The molecule has 0 spiro atoms. The van der Waals surface area contributed by atoms with Crippen LogP contribution in [-0.2, 0) is 6.18 Å². The average molecular weight is 326 g/mol. The Bertz CT molecular complexity index is 603. The number of carbonyl (C=O) groups is 1. The second kappa shape index (κ2) is 8.86. The Labute approximate surface area is 132 Å². The van der Waals surface area contributed by atoms with Gasteiger partial charge in [-0.2, -0.15) is 13.2 Å². The van der Waals surface area contributed by atoms with E-state index in [0.717, 1.165) is 12.1 Å². The van der Waals surface area contributed by atoms with Gasteiger partial charge in [-0.3, -0.25) is 0 Å². The molecule has 124 valence electrons. The minimum Gasteiger partial charge on any atom is -0.395 e. The highest BCUT2D eigenvalue weighted by Gasteiger charge is 2.30. The van der Waals surface area contributed by atoms with Crippen molar-refractivity contribution in [1.29, 1.82) is 0 Å². The lowest BCUT2D eigenvalue weighted by atomic mass is 10.1. The first-order valence-corrected chi connectivity index (χ1v) is 6.79. The van der Waals surface area contributed by atoms with Gasteiger partial charge in [-0.1, -0.05) is 24.0 Å². The van der Waals surface area contributed by atoms with Crippen molar-refractivity contribution in [1.82, 2.24) is 10.2 Å². The lowest BCUT2D eigenvalue weighted by molar-refractivity contribution is -0.137. The fourth-order valence-corrected chi connectivity index (χ4v) is 1.70. The van der Waals surface area contributed by atoms with Gasteiger partial charge in [0, 0.05) is 18.7 Å². The summed E-state index contributed by atoms with van der Waals surface area (Å²) in [4.78, 5) is 13.1. The van der Waals surface area contributed by atoms with E-state index in [1.807, 2.05) is 0 Å². The fraction of sp³-hybridized carbons (Fsp3) is 0.312. The molecule has 0 aliphatic carbocycles. The minimum atomic E-state index is -4.42. The first kappa shape index (κ1) is 18.6. The molecule has 0 aliphatic rings. The molecule has 0 fully saturated rings. The smallest absolute Gasteiger partial charge is 0.395 e. The van der Waals surface area contributed by atoms with Gasteiger partial charge in [0.2, 0.25) is 0 Å². The number of aliphatic hydroxyl groups is 1. The van der Waals surface area contributed by atoms with E-state index in [1.165, 1.54) is 23.1 Å². The highest BCUT2D eigenvalue weighted by molar-refractivity contribution is 5.74. The van der Waals surface area contributed by atoms with E-state index in [2.05, 4.69) is 23.7 Å². The van der Waals surface area contributed by atoms with Gasteiger partial charge < -0.3 is 15.3 Å². The van der Waals surface area contributed by atoms with Crippen molar-refractivity contribution in [2.45, 2.75) is 6.18 Å². The summed E-state index contributed by atoms with van der Waals surface area (Å²) in [6.45, 7) is 3.73. The van der Waals surface area contributed by atoms with Crippen LogP contribution in [0.25, 0.3) is 0 Å². The van der Waals surface area contributed by atoms with Crippen LogP contribution in [0.5, 0.6) is 0 Å². The van der Waals surface area contributed by atoms with Gasteiger partial charge in [-0.25, -0.2) is 4.79 Å². The first-order chi connectivity index (χ1) is 10.9. The summed E-state index contributed by atoms with van der Waals surface area (Å²) in [5.41, 5.74) is -0.555. The molecule has 1 rings (SSSR count). The highest BCUT2D eigenvalue weighted by atomic mass is 19.4. The van der Waals surface area contributed by atoms with Crippen LogP contribution in [0.1, 0.15) is 11.1 Å². The molecule has 4 nitrogen and oxygen atoms in total. The molecule has 2 amide bonds. The van der Waals surface area contributed by atoms with Crippen molar-refractivity contribution in [3.05, 3.63) is 48.0 Å². The number of aliphatic hydroxyl groups excluding tert-OH is 1. The zero-order valence-electron chi connectivity index (χ0n) is 12.4. The Morgan fingerprint density at radius 1 is 1.43 bits per heavy atom. The number of benzene rings is 1. The van der Waals surface area contributed by atoms with Gasteiger partial charge >= 0.3 is 12.2 Å². The number of halogens is 3. The Hall–Kier alpha value is -2.46. The van der Waals surface area contributed by atoms with E-state index in [-0.39, 0.29) is 31.8 Å². The van der Waals surface area contributed by atoms with Crippen LogP contribution in [0.4, 0.5) is 18.0 Å². The lowest BCUT2D eigenvalue weighted by Crippen LogP contribution is -2.41. The number of hydrogen-bond acceptors (Lipinski definition) is 2. The Kier molecular flexibility index (Phi) is 7.16. The fourth-order valence-electron chi connectivity index (χ4n) is 1.70. The minimum absolute atomic E-state index is 0.0197. The van der Waals surface area contributed by atoms with Gasteiger partial charge in [0.15, 0.2) is 0 Å². The van der Waals surface area contributed by atoms with Gasteiger partial charge in [0.25, 0.3) is 0 Å². The number of alkyl halides is 3. The lowest BCUT2D eigenvalue weighted by Gasteiger charge is -2.19. The summed E-state index contributed by atoms with van der Waals surface area (Å²) in [6, 6.07) is 4.22. The van der Waals surface area contributed by atoms with E-state index in [4.69, 9.17) is 5.11 Å². The molecule has 0 atom stereocenters. The second-order valence-corrected chi connectivity index (χ2v) is 4.50. The van der Waals surface area contributed by atoms with Crippen molar-refractivity contribution < 1.29 is 23.1 Å².